The summed E-state index contributed by atoms with van der Waals surface area (Å²) < 4.78 is 6.88. The van der Waals surface area contributed by atoms with Gasteiger partial charge in [-0.1, -0.05) is 29.3 Å². The van der Waals surface area contributed by atoms with Crippen molar-refractivity contribution in [2.24, 2.45) is 0 Å². The van der Waals surface area contributed by atoms with Crippen LogP contribution in [0.4, 0.5) is 0 Å². The van der Waals surface area contributed by atoms with Crippen molar-refractivity contribution in [1.82, 2.24) is 19.7 Å². The smallest absolute Gasteiger partial charge is 0.168 e. The highest BCUT2D eigenvalue weighted by molar-refractivity contribution is 6.34. The molecule has 108 valence electrons. The Balaban J connectivity index is 2.25. The second-order valence-corrected chi connectivity index (χ2v) is 5.25. The molecule has 0 amide bonds. The van der Waals surface area contributed by atoms with Gasteiger partial charge >= 0.3 is 0 Å². The molecule has 0 fully saturated rings. The summed E-state index contributed by atoms with van der Waals surface area (Å²) in [6, 6.07) is 8.09. The lowest BCUT2D eigenvalue weighted by molar-refractivity contribution is 0.178. The van der Waals surface area contributed by atoms with Crippen LogP contribution >= 0.6 is 11.6 Å². The molecule has 0 radical (unpaired) electrons. The summed E-state index contributed by atoms with van der Waals surface area (Å²) in [5.41, 5.74) is 3.64. The maximum Gasteiger partial charge on any atom is 0.168 e. The van der Waals surface area contributed by atoms with Crippen LogP contribution < -0.4 is 0 Å². The van der Waals surface area contributed by atoms with Gasteiger partial charge in [-0.05, 0) is 26.0 Å². The van der Waals surface area contributed by atoms with Gasteiger partial charge < -0.3 is 4.74 Å². The molecule has 0 aliphatic heterocycles. The van der Waals surface area contributed by atoms with E-state index in [1.165, 1.54) is 5.56 Å². The van der Waals surface area contributed by atoms with Crippen molar-refractivity contribution in [3.8, 4) is 5.69 Å². The molecule has 3 aromatic rings. The number of nitrogens with zero attached hydrogens (tertiary/aromatic N) is 4. The van der Waals surface area contributed by atoms with E-state index in [0.717, 1.165) is 16.8 Å². The highest BCUT2D eigenvalue weighted by Crippen LogP contribution is 2.26. The Hall–Kier alpha value is -1.98. The zero-order chi connectivity index (χ0) is 15.0. The summed E-state index contributed by atoms with van der Waals surface area (Å²) >= 11 is 6.27. The average molecular weight is 303 g/mol. The number of hydrogen-bond donors (Lipinski definition) is 0. The number of fused-ring (bicyclic) bond motifs is 1. The number of ether oxygens (including phenoxy) is 1. The summed E-state index contributed by atoms with van der Waals surface area (Å²) in [5.74, 6) is 0.545. The van der Waals surface area contributed by atoms with Gasteiger partial charge in [0.1, 0.15) is 11.8 Å². The lowest BCUT2D eigenvalue weighted by Gasteiger charge is -2.05. The van der Waals surface area contributed by atoms with Crippen molar-refractivity contribution >= 4 is 22.6 Å². The maximum absolute atomic E-state index is 6.27. The molecule has 0 aliphatic carbocycles. The molecule has 2 aromatic heterocycles. The number of aromatic nitrogens is 4. The topological polar surface area (TPSA) is 52.8 Å². The molecule has 0 saturated heterocycles. The van der Waals surface area contributed by atoms with Crippen molar-refractivity contribution in [1.29, 1.82) is 0 Å². The van der Waals surface area contributed by atoms with Gasteiger partial charge in [-0.2, -0.15) is 5.10 Å². The summed E-state index contributed by atoms with van der Waals surface area (Å²) in [6.07, 6.45) is 0. The van der Waals surface area contributed by atoms with Crippen LogP contribution in [0.1, 0.15) is 17.1 Å². The minimum absolute atomic E-state index is 0.313. The summed E-state index contributed by atoms with van der Waals surface area (Å²) in [6.45, 7) is 4.26. The van der Waals surface area contributed by atoms with E-state index < -0.39 is 0 Å². The van der Waals surface area contributed by atoms with Crippen LogP contribution in [0.5, 0.6) is 0 Å². The predicted octanol–water partition coefficient (Wildman–Crippen LogP) is 3.23. The second-order valence-electron chi connectivity index (χ2n) is 4.90. The van der Waals surface area contributed by atoms with Crippen LogP contribution in [-0.4, -0.2) is 26.9 Å². The third kappa shape index (κ3) is 2.50. The van der Waals surface area contributed by atoms with Crippen molar-refractivity contribution in [2.75, 3.05) is 7.11 Å². The normalized spacial score (nSPS) is 11.2. The number of benzene rings is 1. The Morgan fingerprint density at radius 2 is 1.86 bits per heavy atom. The van der Waals surface area contributed by atoms with E-state index in [1.54, 1.807) is 11.8 Å². The first-order chi connectivity index (χ1) is 10.1. The highest BCUT2D eigenvalue weighted by atomic mass is 35.5. The van der Waals surface area contributed by atoms with Crippen LogP contribution in [0.2, 0.25) is 5.15 Å². The Morgan fingerprint density at radius 1 is 1.14 bits per heavy atom. The van der Waals surface area contributed by atoms with Gasteiger partial charge in [0.2, 0.25) is 0 Å². The largest absolute Gasteiger partial charge is 0.377 e. The minimum atomic E-state index is 0.313. The van der Waals surface area contributed by atoms with Gasteiger partial charge in [-0.3, -0.25) is 0 Å². The van der Waals surface area contributed by atoms with E-state index in [2.05, 4.69) is 15.1 Å². The first kappa shape index (κ1) is 14.0. The van der Waals surface area contributed by atoms with Crippen LogP contribution in [0.15, 0.2) is 24.3 Å². The Labute approximate surface area is 127 Å². The molecular weight excluding hydrogens is 288 g/mol. The zero-order valence-corrected chi connectivity index (χ0v) is 12.8. The van der Waals surface area contributed by atoms with Crippen molar-refractivity contribution in [3.05, 3.63) is 46.5 Å². The van der Waals surface area contributed by atoms with Gasteiger partial charge in [-0.25, -0.2) is 14.6 Å². The van der Waals surface area contributed by atoms with Gasteiger partial charge in [0, 0.05) is 7.11 Å². The molecule has 0 unspecified atom stereocenters. The fourth-order valence-electron chi connectivity index (χ4n) is 2.24. The summed E-state index contributed by atoms with van der Waals surface area (Å²) in [5, 5.41) is 5.72. The van der Waals surface area contributed by atoms with Crippen molar-refractivity contribution < 1.29 is 4.74 Å². The van der Waals surface area contributed by atoms with Crippen LogP contribution in [-0.2, 0) is 11.3 Å². The van der Waals surface area contributed by atoms with E-state index >= 15 is 0 Å². The van der Waals surface area contributed by atoms with Crippen LogP contribution in [0.3, 0.4) is 0 Å². The molecule has 3 rings (SSSR count). The number of rotatable bonds is 3. The molecule has 6 heteroatoms. The highest BCUT2D eigenvalue weighted by Gasteiger charge is 2.16. The summed E-state index contributed by atoms with van der Waals surface area (Å²) in [7, 11) is 1.60. The van der Waals surface area contributed by atoms with Crippen molar-refractivity contribution in [3.63, 3.8) is 0 Å². The Morgan fingerprint density at radius 3 is 2.52 bits per heavy atom. The predicted molar refractivity (Wildman–Crippen MR) is 81.9 cm³/mol. The van der Waals surface area contributed by atoms with Crippen LogP contribution in [0, 0.1) is 13.8 Å². The van der Waals surface area contributed by atoms with E-state index in [9.17, 15) is 0 Å². The fourth-order valence-corrected chi connectivity index (χ4v) is 2.55. The van der Waals surface area contributed by atoms with Gasteiger partial charge in [-0.15, -0.1) is 0 Å². The van der Waals surface area contributed by atoms with Crippen molar-refractivity contribution in [2.45, 2.75) is 20.5 Å². The quantitative estimate of drug-likeness (QED) is 0.697. The molecule has 0 saturated carbocycles. The molecular formula is C15H15ClN4O. The molecule has 1 aromatic carbocycles. The third-order valence-corrected chi connectivity index (χ3v) is 3.53. The molecule has 0 bridgehead atoms. The molecule has 0 atom stereocenters. The fraction of sp³-hybridized carbons (Fsp3) is 0.267. The minimum Gasteiger partial charge on any atom is -0.377 e. The first-order valence-corrected chi connectivity index (χ1v) is 6.95. The number of hydrogen-bond acceptors (Lipinski definition) is 4. The molecule has 0 aliphatic rings. The Kier molecular flexibility index (Phi) is 3.61. The number of methoxy groups -OCH3 is 1. The van der Waals surface area contributed by atoms with E-state index in [4.69, 9.17) is 16.3 Å². The standard InChI is InChI=1S/C15H15ClN4O/c1-9-4-6-11(7-5-9)20-15-13(10(2)19-20)14(16)17-12(18-15)8-21-3/h4-7H,8H2,1-3H3. The maximum atomic E-state index is 6.27. The zero-order valence-electron chi connectivity index (χ0n) is 12.1. The number of aryl methyl sites for hydroxylation is 2. The van der Waals surface area contributed by atoms with Gasteiger partial charge in [0.25, 0.3) is 0 Å². The van der Waals surface area contributed by atoms with Crippen LogP contribution in [0.25, 0.3) is 16.7 Å². The second kappa shape index (κ2) is 5.42. The first-order valence-electron chi connectivity index (χ1n) is 6.58. The Bertz CT molecular complexity index is 796. The van der Waals surface area contributed by atoms with Gasteiger partial charge in [0.05, 0.1) is 16.8 Å². The van der Waals surface area contributed by atoms with E-state index in [0.29, 0.717) is 23.2 Å². The molecule has 2 heterocycles. The molecule has 0 spiro atoms. The number of halogens is 1. The average Bonchev–Trinajstić information content (AvgIpc) is 2.78. The monoisotopic (exact) mass is 302 g/mol. The molecule has 21 heavy (non-hydrogen) atoms. The SMILES string of the molecule is COCc1nc(Cl)c2c(C)nn(-c3ccc(C)cc3)c2n1. The molecule has 5 nitrogen and oxygen atoms in total. The lowest BCUT2D eigenvalue weighted by Crippen LogP contribution is -2.02. The van der Waals surface area contributed by atoms with Gasteiger partial charge in [0.15, 0.2) is 11.5 Å². The summed E-state index contributed by atoms with van der Waals surface area (Å²) in [4.78, 5) is 8.77. The molecule has 0 N–H and O–H groups in total. The lowest BCUT2D eigenvalue weighted by atomic mass is 10.2. The van der Waals surface area contributed by atoms with E-state index in [-0.39, 0.29) is 0 Å². The third-order valence-electron chi connectivity index (χ3n) is 3.26. The van der Waals surface area contributed by atoms with E-state index in [1.807, 2.05) is 38.1 Å².